The molecule has 27 heavy (non-hydrogen) atoms. The fourth-order valence-corrected chi connectivity index (χ4v) is 3.26. The van der Waals surface area contributed by atoms with Crippen LogP contribution in [0.2, 0.25) is 0 Å². The third kappa shape index (κ3) is 5.37. The summed E-state index contributed by atoms with van der Waals surface area (Å²) in [7, 11) is 0. The summed E-state index contributed by atoms with van der Waals surface area (Å²) in [6, 6.07) is 8.52. The Morgan fingerprint density at radius 3 is 2.81 bits per heavy atom. The van der Waals surface area contributed by atoms with Crippen LogP contribution in [0.5, 0.6) is 0 Å². The standard InChI is InChI=1S/C20H27N5OS/c1-14-6-8-17(9-7-14)13-25-16(3)19(15(2)24-25)12-22-23-20(27)21-11-18-5-4-10-26-18/h6-9,12,18H,4-5,10-11,13H2,1-3H3,(H2,21,23,27)/b22-12-/t18-/m1/s1. The molecule has 7 heteroatoms. The van der Waals surface area contributed by atoms with Crippen LogP contribution in [0, 0.1) is 20.8 Å². The Hall–Kier alpha value is -2.25. The number of hydrogen-bond acceptors (Lipinski definition) is 4. The van der Waals surface area contributed by atoms with Gasteiger partial charge in [-0.25, -0.2) is 0 Å². The number of thiocarbonyl (C=S) groups is 1. The number of nitrogens with one attached hydrogen (secondary N) is 2. The smallest absolute Gasteiger partial charge is 0.187 e. The molecule has 0 unspecified atom stereocenters. The van der Waals surface area contributed by atoms with Crippen LogP contribution in [0.25, 0.3) is 0 Å². The largest absolute Gasteiger partial charge is 0.376 e. The lowest BCUT2D eigenvalue weighted by molar-refractivity contribution is 0.114. The van der Waals surface area contributed by atoms with E-state index >= 15 is 0 Å². The number of hydrazone groups is 1. The number of hydrogen-bond donors (Lipinski definition) is 2. The van der Waals surface area contributed by atoms with Gasteiger partial charge in [0, 0.05) is 24.4 Å². The fraction of sp³-hybridized carbons (Fsp3) is 0.450. The van der Waals surface area contributed by atoms with E-state index in [-0.39, 0.29) is 6.10 Å². The van der Waals surface area contributed by atoms with E-state index in [1.165, 1.54) is 11.1 Å². The zero-order valence-electron chi connectivity index (χ0n) is 16.2. The predicted octanol–water partition coefficient (Wildman–Crippen LogP) is 2.83. The van der Waals surface area contributed by atoms with Crippen LogP contribution in [0.4, 0.5) is 0 Å². The number of aryl methyl sites for hydroxylation is 2. The minimum Gasteiger partial charge on any atom is -0.376 e. The van der Waals surface area contributed by atoms with Crippen LogP contribution in [-0.2, 0) is 11.3 Å². The quantitative estimate of drug-likeness (QED) is 0.455. The highest BCUT2D eigenvalue weighted by Gasteiger charge is 2.15. The minimum atomic E-state index is 0.248. The number of nitrogens with zero attached hydrogens (tertiary/aromatic N) is 3. The molecule has 0 aliphatic carbocycles. The molecule has 1 saturated heterocycles. The Morgan fingerprint density at radius 1 is 1.33 bits per heavy atom. The molecule has 0 spiro atoms. The summed E-state index contributed by atoms with van der Waals surface area (Å²) in [5.41, 5.74) is 8.40. The first-order valence-electron chi connectivity index (χ1n) is 9.31. The topological polar surface area (TPSA) is 63.5 Å². The molecule has 3 rings (SSSR count). The summed E-state index contributed by atoms with van der Waals surface area (Å²) in [4.78, 5) is 0. The molecule has 1 fully saturated rings. The summed E-state index contributed by atoms with van der Waals surface area (Å²) in [5, 5.41) is 12.6. The lowest BCUT2D eigenvalue weighted by Crippen LogP contribution is -2.37. The van der Waals surface area contributed by atoms with E-state index in [1.807, 2.05) is 11.6 Å². The van der Waals surface area contributed by atoms with Gasteiger partial charge in [-0.2, -0.15) is 10.2 Å². The molecule has 1 aliphatic rings. The van der Waals surface area contributed by atoms with Crippen molar-refractivity contribution in [1.29, 1.82) is 0 Å². The van der Waals surface area contributed by atoms with Crippen LogP contribution in [0.15, 0.2) is 29.4 Å². The number of aromatic nitrogens is 2. The first kappa shape index (κ1) is 19.5. The lowest BCUT2D eigenvalue weighted by Gasteiger charge is -2.11. The van der Waals surface area contributed by atoms with Gasteiger partial charge in [-0.1, -0.05) is 29.8 Å². The normalized spacial score (nSPS) is 16.8. The molecule has 2 heterocycles. The second-order valence-corrected chi connectivity index (χ2v) is 7.35. The van der Waals surface area contributed by atoms with E-state index in [4.69, 9.17) is 17.0 Å². The van der Waals surface area contributed by atoms with Crippen LogP contribution < -0.4 is 10.7 Å². The summed E-state index contributed by atoms with van der Waals surface area (Å²) in [5.74, 6) is 0. The van der Waals surface area contributed by atoms with Gasteiger partial charge in [-0.3, -0.25) is 10.1 Å². The van der Waals surface area contributed by atoms with Crippen molar-refractivity contribution >= 4 is 23.5 Å². The van der Waals surface area contributed by atoms with Crippen molar-refractivity contribution in [3.05, 3.63) is 52.3 Å². The Kier molecular flexibility index (Phi) is 6.58. The molecule has 1 aromatic carbocycles. The number of ether oxygens (including phenoxy) is 1. The highest BCUT2D eigenvalue weighted by Crippen LogP contribution is 2.13. The van der Waals surface area contributed by atoms with Gasteiger partial charge in [-0.05, 0) is 51.4 Å². The fourth-order valence-electron chi connectivity index (χ4n) is 3.12. The molecule has 1 atom stereocenters. The highest BCUT2D eigenvalue weighted by molar-refractivity contribution is 7.80. The summed E-state index contributed by atoms with van der Waals surface area (Å²) < 4.78 is 7.58. The maximum Gasteiger partial charge on any atom is 0.187 e. The van der Waals surface area contributed by atoms with Crippen molar-refractivity contribution in [2.24, 2.45) is 5.10 Å². The predicted molar refractivity (Wildman–Crippen MR) is 112 cm³/mol. The van der Waals surface area contributed by atoms with Gasteiger partial charge in [0.25, 0.3) is 0 Å². The molecule has 0 amide bonds. The van der Waals surface area contributed by atoms with Crippen molar-refractivity contribution in [3.63, 3.8) is 0 Å². The zero-order chi connectivity index (χ0) is 19.2. The van der Waals surface area contributed by atoms with Gasteiger partial charge in [0.15, 0.2) is 5.11 Å². The van der Waals surface area contributed by atoms with E-state index in [9.17, 15) is 0 Å². The van der Waals surface area contributed by atoms with Gasteiger partial charge in [0.05, 0.1) is 24.6 Å². The average molecular weight is 386 g/mol. The molecule has 1 aromatic heterocycles. The third-order valence-corrected chi connectivity index (χ3v) is 5.00. The summed E-state index contributed by atoms with van der Waals surface area (Å²) in [6.45, 7) is 8.45. The van der Waals surface area contributed by atoms with Gasteiger partial charge in [0.1, 0.15) is 0 Å². The van der Waals surface area contributed by atoms with E-state index in [1.54, 1.807) is 6.21 Å². The van der Waals surface area contributed by atoms with Gasteiger partial charge in [0.2, 0.25) is 0 Å². The van der Waals surface area contributed by atoms with Crippen molar-refractivity contribution in [2.45, 2.75) is 46.3 Å². The van der Waals surface area contributed by atoms with Crippen LogP contribution in [0.3, 0.4) is 0 Å². The zero-order valence-corrected chi connectivity index (χ0v) is 17.0. The third-order valence-electron chi connectivity index (χ3n) is 4.76. The Morgan fingerprint density at radius 2 is 2.11 bits per heavy atom. The molecule has 2 aromatic rings. The Labute approximate surface area is 166 Å². The summed E-state index contributed by atoms with van der Waals surface area (Å²) in [6.07, 6.45) is 4.23. The van der Waals surface area contributed by atoms with Crippen molar-refractivity contribution in [3.8, 4) is 0 Å². The first-order valence-corrected chi connectivity index (χ1v) is 9.72. The monoisotopic (exact) mass is 385 g/mol. The number of benzene rings is 1. The second-order valence-electron chi connectivity index (χ2n) is 6.94. The van der Waals surface area contributed by atoms with Gasteiger partial charge < -0.3 is 10.1 Å². The maximum atomic E-state index is 5.57. The van der Waals surface area contributed by atoms with Gasteiger partial charge in [-0.15, -0.1) is 0 Å². The lowest BCUT2D eigenvalue weighted by atomic mass is 10.1. The highest BCUT2D eigenvalue weighted by atomic mass is 32.1. The van der Waals surface area contributed by atoms with E-state index in [0.29, 0.717) is 11.7 Å². The average Bonchev–Trinajstić information content (AvgIpc) is 3.26. The van der Waals surface area contributed by atoms with E-state index in [0.717, 1.165) is 42.9 Å². The molecule has 0 radical (unpaired) electrons. The van der Waals surface area contributed by atoms with Gasteiger partial charge >= 0.3 is 0 Å². The van der Waals surface area contributed by atoms with Crippen molar-refractivity contribution in [1.82, 2.24) is 20.5 Å². The SMILES string of the molecule is Cc1ccc(Cn2nc(C)c(/C=N\NC(=S)NC[C@H]3CCCO3)c2C)cc1. The molecule has 144 valence electrons. The van der Waals surface area contributed by atoms with Crippen molar-refractivity contribution in [2.75, 3.05) is 13.2 Å². The van der Waals surface area contributed by atoms with E-state index < -0.39 is 0 Å². The Bertz CT molecular complexity index is 807. The number of rotatable bonds is 6. The molecular weight excluding hydrogens is 358 g/mol. The Balaban J connectivity index is 1.56. The first-order chi connectivity index (χ1) is 13.0. The molecule has 0 bridgehead atoms. The van der Waals surface area contributed by atoms with Crippen LogP contribution in [-0.4, -0.2) is 40.4 Å². The molecular formula is C20H27N5OS. The summed E-state index contributed by atoms with van der Waals surface area (Å²) >= 11 is 5.26. The van der Waals surface area contributed by atoms with E-state index in [2.05, 4.69) is 59.1 Å². The molecule has 1 aliphatic heterocycles. The molecule has 0 saturated carbocycles. The molecule has 6 nitrogen and oxygen atoms in total. The van der Waals surface area contributed by atoms with Crippen LogP contribution in [0.1, 0.15) is 40.9 Å². The minimum absolute atomic E-state index is 0.248. The van der Waals surface area contributed by atoms with Crippen LogP contribution >= 0.6 is 12.2 Å². The molecule has 2 N–H and O–H groups in total. The van der Waals surface area contributed by atoms with Crippen molar-refractivity contribution < 1.29 is 4.74 Å². The maximum absolute atomic E-state index is 5.57. The second kappa shape index (κ2) is 9.10.